The molecule has 0 saturated carbocycles. The van der Waals surface area contributed by atoms with Crippen LogP contribution in [-0.2, 0) is 12.8 Å². The Morgan fingerprint density at radius 3 is 2.57 bits per heavy atom. The van der Waals surface area contributed by atoms with Crippen molar-refractivity contribution in [2.24, 2.45) is 0 Å². The number of benzene rings is 1. The third-order valence-electron chi connectivity index (χ3n) is 3.59. The molecule has 0 radical (unpaired) electrons. The van der Waals surface area contributed by atoms with Crippen molar-refractivity contribution in [3.8, 4) is 0 Å². The second-order valence-electron chi connectivity index (χ2n) is 5.51. The minimum atomic E-state index is 0.396. The maximum Gasteiger partial charge on any atom is 0.0441 e. The Morgan fingerprint density at radius 1 is 1.14 bits per heavy atom. The van der Waals surface area contributed by atoms with Crippen LogP contribution in [0.3, 0.4) is 0 Å². The second-order valence-corrected chi connectivity index (χ2v) is 5.92. The highest BCUT2D eigenvalue weighted by atomic mass is 35.5. The molecule has 1 atom stereocenters. The van der Waals surface area contributed by atoms with Gasteiger partial charge in [-0.15, -0.1) is 0 Å². The van der Waals surface area contributed by atoms with E-state index in [4.69, 9.17) is 11.6 Å². The zero-order valence-corrected chi connectivity index (χ0v) is 13.5. The van der Waals surface area contributed by atoms with Crippen LogP contribution in [0, 0.1) is 6.92 Å². The number of hydrogen-bond acceptors (Lipinski definition) is 2. The van der Waals surface area contributed by atoms with Crippen molar-refractivity contribution in [1.82, 2.24) is 10.3 Å². The van der Waals surface area contributed by atoms with Crippen LogP contribution in [-0.4, -0.2) is 17.6 Å². The predicted molar refractivity (Wildman–Crippen MR) is 89.9 cm³/mol. The molecule has 0 aliphatic rings. The zero-order valence-electron chi connectivity index (χ0n) is 12.8. The average molecular weight is 303 g/mol. The number of aromatic nitrogens is 1. The topological polar surface area (TPSA) is 24.9 Å². The van der Waals surface area contributed by atoms with E-state index in [1.54, 1.807) is 0 Å². The molecule has 1 heterocycles. The number of pyridine rings is 1. The summed E-state index contributed by atoms with van der Waals surface area (Å²) in [6.45, 7) is 5.29. The fourth-order valence-corrected chi connectivity index (χ4v) is 2.76. The number of nitrogens with one attached hydrogen (secondary N) is 1. The van der Waals surface area contributed by atoms with Crippen LogP contribution < -0.4 is 5.32 Å². The van der Waals surface area contributed by atoms with Crippen LogP contribution in [0.2, 0.25) is 5.02 Å². The Balaban J connectivity index is 2.08. The molecular weight excluding hydrogens is 280 g/mol. The summed E-state index contributed by atoms with van der Waals surface area (Å²) in [6, 6.07) is 10.9. The van der Waals surface area contributed by atoms with E-state index < -0.39 is 0 Å². The largest absolute Gasteiger partial charge is 0.313 e. The van der Waals surface area contributed by atoms with E-state index in [9.17, 15) is 0 Å². The van der Waals surface area contributed by atoms with Gasteiger partial charge in [0.05, 0.1) is 0 Å². The van der Waals surface area contributed by atoms with E-state index in [1.165, 1.54) is 16.7 Å². The first-order chi connectivity index (χ1) is 10.2. The summed E-state index contributed by atoms with van der Waals surface area (Å²) in [5.74, 6) is 0. The van der Waals surface area contributed by atoms with Crippen molar-refractivity contribution in [2.75, 3.05) is 6.54 Å². The fourth-order valence-electron chi connectivity index (χ4n) is 2.45. The fraction of sp³-hybridized carbons (Fsp3) is 0.389. The highest BCUT2D eigenvalue weighted by molar-refractivity contribution is 6.31. The van der Waals surface area contributed by atoms with Gasteiger partial charge in [-0.25, -0.2) is 0 Å². The van der Waals surface area contributed by atoms with E-state index in [0.717, 1.165) is 30.8 Å². The van der Waals surface area contributed by atoms with Gasteiger partial charge in [0.2, 0.25) is 0 Å². The first-order valence-corrected chi connectivity index (χ1v) is 7.94. The molecule has 0 amide bonds. The molecule has 0 spiro atoms. The van der Waals surface area contributed by atoms with Gasteiger partial charge in [0.1, 0.15) is 0 Å². The number of rotatable bonds is 7. The first-order valence-electron chi connectivity index (χ1n) is 7.56. The third kappa shape index (κ3) is 5.14. The molecule has 112 valence electrons. The molecule has 0 fully saturated rings. The first kappa shape index (κ1) is 16.0. The van der Waals surface area contributed by atoms with E-state index >= 15 is 0 Å². The molecule has 1 aromatic carbocycles. The average Bonchev–Trinajstić information content (AvgIpc) is 2.48. The van der Waals surface area contributed by atoms with Gasteiger partial charge in [-0.1, -0.05) is 30.7 Å². The van der Waals surface area contributed by atoms with Gasteiger partial charge in [-0.05, 0) is 67.6 Å². The van der Waals surface area contributed by atoms with Gasteiger partial charge in [-0.3, -0.25) is 4.98 Å². The molecular formula is C18H23ClN2. The third-order valence-corrected chi connectivity index (χ3v) is 3.94. The smallest absolute Gasteiger partial charge is 0.0441 e. The minimum absolute atomic E-state index is 0.396. The number of nitrogens with zero attached hydrogens (tertiary/aromatic N) is 1. The molecule has 3 heteroatoms. The summed E-state index contributed by atoms with van der Waals surface area (Å²) in [6.07, 6.45) is 6.78. The van der Waals surface area contributed by atoms with Crippen molar-refractivity contribution in [3.05, 3.63) is 64.4 Å². The van der Waals surface area contributed by atoms with Gasteiger partial charge in [0.15, 0.2) is 0 Å². The van der Waals surface area contributed by atoms with Gasteiger partial charge in [0, 0.05) is 23.5 Å². The molecule has 2 rings (SSSR count). The Morgan fingerprint density at radius 2 is 1.90 bits per heavy atom. The van der Waals surface area contributed by atoms with Crippen molar-refractivity contribution in [3.63, 3.8) is 0 Å². The maximum atomic E-state index is 6.37. The normalized spacial score (nSPS) is 12.3. The number of aryl methyl sites for hydroxylation is 1. The van der Waals surface area contributed by atoms with E-state index in [1.807, 2.05) is 18.5 Å². The summed E-state index contributed by atoms with van der Waals surface area (Å²) in [5, 5.41) is 4.50. The van der Waals surface area contributed by atoms with Crippen LogP contribution in [0.1, 0.15) is 30.0 Å². The molecule has 2 nitrogen and oxygen atoms in total. The van der Waals surface area contributed by atoms with Gasteiger partial charge < -0.3 is 5.32 Å². The predicted octanol–water partition coefficient (Wildman–Crippen LogP) is 4.20. The Hall–Kier alpha value is -1.38. The van der Waals surface area contributed by atoms with Crippen molar-refractivity contribution in [1.29, 1.82) is 0 Å². The summed E-state index contributed by atoms with van der Waals surface area (Å²) in [4.78, 5) is 4.08. The monoisotopic (exact) mass is 302 g/mol. The Kier molecular flexibility index (Phi) is 6.21. The highest BCUT2D eigenvalue weighted by Crippen LogP contribution is 2.20. The van der Waals surface area contributed by atoms with E-state index in [0.29, 0.717) is 6.04 Å². The number of hydrogen-bond donors (Lipinski definition) is 1. The SMILES string of the molecule is CCCNC(Cc1ccncc1)Cc1ccc(C)cc1Cl. The summed E-state index contributed by atoms with van der Waals surface area (Å²) in [5.41, 5.74) is 3.72. The molecule has 1 N–H and O–H groups in total. The summed E-state index contributed by atoms with van der Waals surface area (Å²) < 4.78 is 0. The second kappa shape index (κ2) is 8.16. The molecule has 1 unspecified atom stereocenters. The highest BCUT2D eigenvalue weighted by Gasteiger charge is 2.12. The van der Waals surface area contributed by atoms with E-state index in [2.05, 4.69) is 48.4 Å². The van der Waals surface area contributed by atoms with Crippen molar-refractivity contribution >= 4 is 11.6 Å². The van der Waals surface area contributed by atoms with Gasteiger partial charge in [0.25, 0.3) is 0 Å². The Bertz CT molecular complexity index is 554. The van der Waals surface area contributed by atoms with Crippen LogP contribution >= 0.6 is 11.6 Å². The molecule has 0 bridgehead atoms. The summed E-state index contributed by atoms with van der Waals surface area (Å²) >= 11 is 6.37. The van der Waals surface area contributed by atoms with Crippen molar-refractivity contribution in [2.45, 2.75) is 39.2 Å². The molecule has 0 aliphatic carbocycles. The molecule has 1 aromatic heterocycles. The maximum absolute atomic E-state index is 6.37. The Labute approximate surface area is 132 Å². The van der Waals surface area contributed by atoms with Crippen LogP contribution in [0.15, 0.2) is 42.7 Å². The lowest BCUT2D eigenvalue weighted by molar-refractivity contribution is 0.504. The molecule has 21 heavy (non-hydrogen) atoms. The van der Waals surface area contributed by atoms with Gasteiger partial charge in [-0.2, -0.15) is 0 Å². The standard InChI is InChI=1S/C18H23ClN2/c1-3-8-21-17(12-15-6-9-20-10-7-15)13-16-5-4-14(2)11-18(16)19/h4-7,9-11,17,21H,3,8,12-13H2,1-2H3. The molecule has 0 aliphatic heterocycles. The lowest BCUT2D eigenvalue weighted by Gasteiger charge is -2.19. The van der Waals surface area contributed by atoms with Gasteiger partial charge >= 0.3 is 0 Å². The lowest BCUT2D eigenvalue weighted by Crippen LogP contribution is -2.33. The van der Waals surface area contributed by atoms with Crippen LogP contribution in [0.5, 0.6) is 0 Å². The quantitative estimate of drug-likeness (QED) is 0.829. The molecule has 2 aromatic rings. The lowest BCUT2D eigenvalue weighted by atomic mass is 9.98. The van der Waals surface area contributed by atoms with Crippen molar-refractivity contribution < 1.29 is 0 Å². The minimum Gasteiger partial charge on any atom is -0.313 e. The van der Waals surface area contributed by atoms with E-state index in [-0.39, 0.29) is 0 Å². The number of halogens is 1. The summed E-state index contributed by atoms with van der Waals surface area (Å²) in [7, 11) is 0. The van der Waals surface area contributed by atoms with Crippen LogP contribution in [0.4, 0.5) is 0 Å². The van der Waals surface area contributed by atoms with Crippen LogP contribution in [0.25, 0.3) is 0 Å². The molecule has 0 saturated heterocycles. The zero-order chi connectivity index (χ0) is 15.1.